The van der Waals surface area contributed by atoms with E-state index in [4.69, 9.17) is 37.0 Å². The average molecular weight is 1460 g/mol. The molecule has 3 N–H and O–H groups in total. The summed E-state index contributed by atoms with van der Waals surface area (Å²) in [6.07, 6.45) is 70.0. The van der Waals surface area contributed by atoms with Crippen molar-refractivity contribution in [3.63, 3.8) is 0 Å². The molecule has 2 unspecified atom stereocenters. The second kappa shape index (κ2) is 74.8. The van der Waals surface area contributed by atoms with E-state index in [1.165, 1.54) is 225 Å². The van der Waals surface area contributed by atoms with Crippen molar-refractivity contribution in [2.24, 2.45) is 0 Å². The number of carbonyl (C=O) groups is 4. The van der Waals surface area contributed by atoms with Crippen LogP contribution in [0.25, 0.3) is 0 Å². The van der Waals surface area contributed by atoms with Crippen LogP contribution in [0.2, 0.25) is 0 Å². The van der Waals surface area contributed by atoms with Crippen LogP contribution in [0.3, 0.4) is 0 Å². The molecule has 0 bridgehead atoms. The Morgan fingerprint density at radius 3 is 0.730 bits per heavy atom. The van der Waals surface area contributed by atoms with Crippen molar-refractivity contribution in [1.82, 2.24) is 0 Å². The molecule has 0 radical (unpaired) electrons. The average Bonchev–Trinajstić information content (AvgIpc) is 0.933. The van der Waals surface area contributed by atoms with E-state index < -0.39 is 97.5 Å². The molecule has 5 atom stereocenters. The van der Waals surface area contributed by atoms with Gasteiger partial charge in [0.25, 0.3) is 0 Å². The van der Waals surface area contributed by atoms with E-state index in [1.807, 2.05) is 0 Å². The smallest absolute Gasteiger partial charge is 0.462 e. The minimum absolute atomic E-state index is 0.102. The number of allylic oxidation sites excluding steroid dienone is 4. The number of rotatable bonds is 80. The Bertz CT molecular complexity index is 1990. The highest BCUT2D eigenvalue weighted by molar-refractivity contribution is 7.47. The number of aliphatic hydroxyl groups excluding tert-OH is 1. The van der Waals surface area contributed by atoms with E-state index >= 15 is 0 Å². The van der Waals surface area contributed by atoms with Gasteiger partial charge in [0.05, 0.1) is 26.4 Å². The maximum Gasteiger partial charge on any atom is 0.472 e. The fourth-order valence-corrected chi connectivity index (χ4v) is 13.7. The maximum atomic E-state index is 13.1. The standard InChI is InChI=1S/C81H154O17P2/c1-5-9-13-17-21-25-29-33-36-37-40-44-48-52-56-60-64-68-81(86)98-77(72-92-79(84)66-62-58-54-50-46-42-38-34-30-26-22-18-14-10-6-2)74-96-100(89,90)94-70-75(82)69-93-99(87,88)95-73-76(71-91-78(83)65-61-57-53-49-45-41-32-28-24-20-16-12-8-4)97-80(85)67-63-59-55-51-47-43-39-35-31-27-23-19-15-11-7-3/h26,30,34,38,75-77,82H,5-25,27-29,31-33,35-37,39-74H2,1-4H3,(H,87,88)(H,89,90)/b30-26-,38-34-/t75-,76+,77+/m0/s1. The van der Waals surface area contributed by atoms with Crippen LogP contribution < -0.4 is 0 Å². The maximum absolute atomic E-state index is 13.1. The third kappa shape index (κ3) is 73.8. The van der Waals surface area contributed by atoms with Crippen molar-refractivity contribution in [1.29, 1.82) is 0 Å². The number of phosphoric ester groups is 2. The number of ether oxygens (including phenoxy) is 4. The Labute approximate surface area is 612 Å². The molecular weight excluding hydrogens is 1310 g/mol. The molecule has 0 aromatic heterocycles. The molecule has 0 aromatic rings. The zero-order valence-corrected chi connectivity index (χ0v) is 66.5. The lowest BCUT2D eigenvalue weighted by molar-refractivity contribution is -0.161. The molecule has 0 aliphatic carbocycles. The molecule has 17 nitrogen and oxygen atoms in total. The van der Waals surface area contributed by atoms with E-state index in [-0.39, 0.29) is 25.7 Å². The molecule has 0 aliphatic heterocycles. The van der Waals surface area contributed by atoms with Gasteiger partial charge in [-0.3, -0.25) is 37.3 Å². The summed E-state index contributed by atoms with van der Waals surface area (Å²) >= 11 is 0. The minimum Gasteiger partial charge on any atom is -0.462 e. The van der Waals surface area contributed by atoms with Gasteiger partial charge in [0.1, 0.15) is 19.3 Å². The van der Waals surface area contributed by atoms with Crippen molar-refractivity contribution in [2.75, 3.05) is 39.6 Å². The molecule has 590 valence electrons. The molecule has 0 saturated carbocycles. The Hall–Kier alpha value is -2.46. The number of esters is 4. The molecule has 0 aliphatic rings. The van der Waals surface area contributed by atoms with E-state index in [1.54, 1.807) is 0 Å². The Kier molecular flexibility index (Phi) is 73.0. The molecule has 0 spiro atoms. The van der Waals surface area contributed by atoms with Crippen molar-refractivity contribution in [3.8, 4) is 0 Å². The lowest BCUT2D eigenvalue weighted by Gasteiger charge is -2.21. The highest BCUT2D eigenvalue weighted by atomic mass is 31.2. The van der Waals surface area contributed by atoms with Crippen LogP contribution in [0, 0.1) is 0 Å². The number of hydrogen-bond donors (Lipinski definition) is 3. The summed E-state index contributed by atoms with van der Waals surface area (Å²) in [5.41, 5.74) is 0. The van der Waals surface area contributed by atoms with Gasteiger partial charge in [-0.15, -0.1) is 0 Å². The van der Waals surface area contributed by atoms with E-state index in [0.29, 0.717) is 25.7 Å². The van der Waals surface area contributed by atoms with Gasteiger partial charge in [0.15, 0.2) is 12.2 Å². The summed E-state index contributed by atoms with van der Waals surface area (Å²) in [5, 5.41) is 10.6. The van der Waals surface area contributed by atoms with Crippen LogP contribution >= 0.6 is 15.6 Å². The number of carbonyl (C=O) groups excluding carboxylic acids is 4. The Balaban J connectivity index is 5.30. The van der Waals surface area contributed by atoms with Crippen molar-refractivity contribution in [3.05, 3.63) is 24.3 Å². The first-order valence-electron chi connectivity index (χ1n) is 41.6. The van der Waals surface area contributed by atoms with Gasteiger partial charge < -0.3 is 33.8 Å². The fraction of sp³-hybridized carbons (Fsp3) is 0.901. The van der Waals surface area contributed by atoms with Crippen molar-refractivity contribution >= 4 is 39.5 Å². The predicted molar refractivity (Wildman–Crippen MR) is 409 cm³/mol. The first-order chi connectivity index (χ1) is 48.7. The van der Waals surface area contributed by atoms with Crippen molar-refractivity contribution < 1.29 is 80.2 Å². The third-order valence-electron chi connectivity index (χ3n) is 18.5. The van der Waals surface area contributed by atoms with Gasteiger partial charge in [0.2, 0.25) is 0 Å². The summed E-state index contributed by atoms with van der Waals surface area (Å²) in [6.45, 7) is 4.97. The first kappa shape index (κ1) is 97.5. The van der Waals surface area contributed by atoms with Crippen molar-refractivity contribution in [2.45, 2.75) is 431 Å². The summed E-state index contributed by atoms with van der Waals surface area (Å²) in [5.74, 6) is -2.13. The first-order valence-corrected chi connectivity index (χ1v) is 44.6. The number of hydrogen-bond acceptors (Lipinski definition) is 15. The summed E-state index contributed by atoms with van der Waals surface area (Å²) in [7, 11) is -9.93. The molecule has 100 heavy (non-hydrogen) atoms. The van der Waals surface area contributed by atoms with Gasteiger partial charge >= 0.3 is 39.5 Å². The lowest BCUT2D eigenvalue weighted by atomic mass is 10.0. The van der Waals surface area contributed by atoms with Crippen LogP contribution in [0.5, 0.6) is 0 Å². The Morgan fingerprint density at radius 1 is 0.280 bits per heavy atom. The number of phosphoric acid groups is 2. The van der Waals surface area contributed by atoms with Gasteiger partial charge in [-0.2, -0.15) is 0 Å². The van der Waals surface area contributed by atoms with Gasteiger partial charge in [-0.25, -0.2) is 9.13 Å². The quantitative estimate of drug-likeness (QED) is 0.0169. The van der Waals surface area contributed by atoms with E-state index in [9.17, 15) is 43.2 Å². The van der Waals surface area contributed by atoms with E-state index in [2.05, 4.69) is 52.0 Å². The van der Waals surface area contributed by atoms with Crippen LogP contribution in [-0.4, -0.2) is 96.7 Å². The molecule has 0 fully saturated rings. The van der Waals surface area contributed by atoms with E-state index in [0.717, 1.165) is 109 Å². The number of aliphatic hydroxyl groups is 1. The van der Waals surface area contributed by atoms with Gasteiger partial charge in [0, 0.05) is 25.7 Å². The molecular formula is C81H154O17P2. The van der Waals surface area contributed by atoms with Gasteiger partial charge in [-0.05, 0) is 51.4 Å². The zero-order valence-electron chi connectivity index (χ0n) is 64.7. The molecule has 19 heteroatoms. The SMILES string of the molecule is CCCCCC/C=C\C=C/CCCCCCCC(=O)OC[C@H](COP(=O)(O)OC[C@@H](O)COP(=O)(O)OC[C@@H](COC(=O)CCCCCCCCCCCCCCC)OC(=O)CCCCCCCCCCCCCCCCC)OC(=O)CCCCCCCCCCCCCCCCCCC. The summed E-state index contributed by atoms with van der Waals surface area (Å²) in [6, 6.07) is 0. The second-order valence-electron chi connectivity index (χ2n) is 28.5. The monoisotopic (exact) mass is 1460 g/mol. The molecule has 0 rings (SSSR count). The largest absolute Gasteiger partial charge is 0.472 e. The lowest BCUT2D eigenvalue weighted by Crippen LogP contribution is -2.30. The second-order valence-corrected chi connectivity index (χ2v) is 31.4. The third-order valence-corrected chi connectivity index (χ3v) is 20.4. The highest BCUT2D eigenvalue weighted by Gasteiger charge is 2.30. The highest BCUT2D eigenvalue weighted by Crippen LogP contribution is 2.45. The normalized spacial score (nSPS) is 13.9. The molecule has 0 heterocycles. The minimum atomic E-state index is -4.97. The topological polar surface area (TPSA) is 237 Å². The Morgan fingerprint density at radius 2 is 0.480 bits per heavy atom. The van der Waals surface area contributed by atoms with Gasteiger partial charge in [-0.1, -0.05) is 360 Å². The number of unbranched alkanes of at least 4 members (excludes halogenated alkanes) is 51. The van der Waals surface area contributed by atoms with Crippen LogP contribution in [-0.2, 0) is 65.4 Å². The molecule has 0 amide bonds. The summed E-state index contributed by atoms with van der Waals surface area (Å²) < 4.78 is 68.7. The zero-order chi connectivity index (χ0) is 73.2. The van der Waals surface area contributed by atoms with Crippen LogP contribution in [0.4, 0.5) is 0 Å². The fourth-order valence-electron chi connectivity index (χ4n) is 12.1. The molecule has 0 aromatic carbocycles. The summed E-state index contributed by atoms with van der Waals surface area (Å²) in [4.78, 5) is 73.0. The van der Waals surface area contributed by atoms with Crippen LogP contribution in [0.15, 0.2) is 24.3 Å². The van der Waals surface area contributed by atoms with Crippen LogP contribution in [0.1, 0.15) is 413 Å². The predicted octanol–water partition coefficient (Wildman–Crippen LogP) is 24.1. The molecule has 0 saturated heterocycles.